The van der Waals surface area contributed by atoms with E-state index in [-0.39, 0.29) is 0 Å². The first-order valence-corrected chi connectivity index (χ1v) is 2.67. The van der Waals surface area contributed by atoms with Crippen molar-refractivity contribution in [2.75, 3.05) is 13.2 Å². The van der Waals surface area contributed by atoms with Gasteiger partial charge >= 0.3 is 5.97 Å². The van der Waals surface area contributed by atoms with Crippen molar-refractivity contribution in [1.82, 2.24) is 10.6 Å². The SMILES string of the molecule is O=C(O)C1=CNCNC1. The average molecular weight is 128 g/mol. The summed E-state index contributed by atoms with van der Waals surface area (Å²) in [7, 11) is 0. The summed E-state index contributed by atoms with van der Waals surface area (Å²) in [4.78, 5) is 10.2. The summed E-state index contributed by atoms with van der Waals surface area (Å²) in [5.74, 6) is -0.866. The van der Waals surface area contributed by atoms with Crippen LogP contribution in [0.25, 0.3) is 0 Å². The summed E-state index contributed by atoms with van der Waals surface area (Å²) >= 11 is 0. The number of hydrogen-bond acceptors (Lipinski definition) is 3. The van der Waals surface area contributed by atoms with Crippen LogP contribution in [0.3, 0.4) is 0 Å². The van der Waals surface area contributed by atoms with Crippen LogP contribution in [-0.2, 0) is 4.79 Å². The highest BCUT2D eigenvalue weighted by atomic mass is 16.4. The van der Waals surface area contributed by atoms with Gasteiger partial charge in [-0.25, -0.2) is 4.79 Å². The van der Waals surface area contributed by atoms with Crippen LogP contribution in [0.5, 0.6) is 0 Å². The van der Waals surface area contributed by atoms with Crippen LogP contribution >= 0.6 is 0 Å². The number of hydrogen-bond donors (Lipinski definition) is 3. The number of carboxylic acids is 1. The summed E-state index contributed by atoms with van der Waals surface area (Å²) in [6.07, 6.45) is 1.51. The number of aliphatic carboxylic acids is 1. The molecule has 1 rings (SSSR count). The van der Waals surface area contributed by atoms with Gasteiger partial charge in [0.1, 0.15) is 0 Å². The van der Waals surface area contributed by atoms with Crippen molar-refractivity contribution >= 4 is 5.97 Å². The molecule has 0 saturated heterocycles. The fraction of sp³-hybridized carbons (Fsp3) is 0.400. The molecule has 50 valence electrons. The normalized spacial score (nSPS) is 18.0. The second-order valence-corrected chi connectivity index (χ2v) is 1.78. The Labute approximate surface area is 52.6 Å². The molecule has 1 aliphatic rings. The molecule has 0 atom stereocenters. The van der Waals surface area contributed by atoms with Gasteiger partial charge in [-0.2, -0.15) is 0 Å². The van der Waals surface area contributed by atoms with Crippen LogP contribution in [0, 0.1) is 0 Å². The molecular weight excluding hydrogens is 120 g/mol. The predicted molar refractivity (Wildman–Crippen MR) is 31.7 cm³/mol. The third-order valence-electron chi connectivity index (χ3n) is 1.09. The quantitative estimate of drug-likeness (QED) is 0.428. The minimum atomic E-state index is -0.866. The van der Waals surface area contributed by atoms with Gasteiger partial charge in [0, 0.05) is 12.7 Å². The van der Waals surface area contributed by atoms with Gasteiger partial charge in [0.2, 0.25) is 0 Å². The second kappa shape index (κ2) is 2.50. The van der Waals surface area contributed by atoms with E-state index >= 15 is 0 Å². The zero-order valence-electron chi connectivity index (χ0n) is 4.85. The molecule has 0 aliphatic carbocycles. The first kappa shape index (κ1) is 6.10. The standard InChI is InChI=1S/C5H8N2O2/c8-5(9)4-1-6-3-7-2-4/h1,6-7H,2-3H2,(H,8,9). The van der Waals surface area contributed by atoms with E-state index in [0.29, 0.717) is 18.8 Å². The third kappa shape index (κ3) is 1.43. The smallest absolute Gasteiger partial charge is 0.334 e. The maximum absolute atomic E-state index is 10.2. The van der Waals surface area contributed by atoms with Crippen molar-refractivity contribution in [2.24, 2.45) is 0 Å². The molecule has 1 aliphatic heterocycles. The highest BCUT2D eigenvalue weighted by Crippen LogP contribution is 1.92. The van der Waals surface area contributed by atoms with E-state index in [0.717, 1.165) is 0 Å². The molecule has 0 fully saturated rings. The largest absolute Gasteiger partial charge is 0.478 e. The third-order valence-corrected chi connectivity index (χ3v) is 1.09. The predicted octanol–water partition coefficient (Wildman–Crippen LogP) is -0.895. The van der Waals surface area contributed by atoms with Crippen molar-refractivity contribution < 1.29 is 9.90 Å². The molecule has 3 N–H and O–H groups in total. The number of carbonyl (C=O) groups is 1. The Morgan fingerprint density at radius 2 is 2.56 bits per heavy atom. The van der Waals surface area contributed by atoms with Gasteiger partial charge in [0.05, 0.1) is 12.2 Å². The summed E-state index contributed by atoms with van der Waals surface area (Å²) in [6.45, 7) is 1.10. The minimum absolute atomic E-state index is 0.376. The van der Waals surface area contributed by atoms with Crippen molar-refractivity contribution in [3.8, 4) is 0 Å². The summed E-state index contributed by atoms with van der Waals surface area (Å²) in [6, 6.07) is 0. The molecular formula is C5H8N2O2. The lowest BCUT2D eigenvalue weighted by atomic mass is 10.3. The zero-order chi connectivity index (χ0) is 6.69. The highest BCUT2D eigenvalue weighted by molar-refractivity contribution is 5.87. The van der Waals surface area contributed by atoms with Crippen molar-refractivity contribution in [1.29, 1.82) is 0 Å². The lowest BCUT2D eigenvalue weighted by molar-refractivity contribution is -0.132. The maximum Gasteiger partial charge on any atom is 0.334 e. The van der Waals surface area contributed by atoms with E-state index in [1.807, 2.05) is 0 Å². The Morgan fingerprint density at radius 3 is 2.89 bits per heavy atom. The molecule has 1 heterocycles. The highest BCUT2D eigenvalue weighted by Gasteiger charge is 2.08. The molecule has 0 saturated carbocycles. The minimum Gasteiger partial charge on any atom is -0.478 e. The van der Waals surface area contributed by atoms with Gasteiger partial charge in [-0.1, -0.05) is 0 Å². The van der Waals surface area contributed by atoms with Gasteiger partial charge in [-0.15, -0.1) is 0 Å². The Bertz CT molecular complexity index is 153. The molecule has 0 aromatic rings. The molecule has 4 heteroatoms. The van der Waals surface area contributed by atoms with E-state index in [9.17, 15) is 4.79 Å². The van der Waals surface area contributed by atoms with Crippen LogP contribution in [0.15, 0.2) is 11.8 Å². The fourth-order valence-corrected chi connectivity index (χ4v) is 0.632. The lowest BCUT2D eigenvalue weighted by Gasteiger charge is -2.11. The lowest BCUT2D eigenvalue weighted by Crippen LogP contribution is -2.34. The van der Waals surface area contributed by atoms with Crippen LogP contribution in [0.2, 0.25) is 0 Å². The molecule has 9 heavy (non-hydrogen) atoms. The number of carboxylic acid groups (broad SMARTS) is 1. The first-order valence-electron chi connectivity index (χ1n) is 2.67. The van der Waals surface area contributed by atoms with Crippen LogP contribution in [0.1, 0.15) is 0 Å². The maximum atomic E-state index is 10.2. The Hall–Kier alpha value is -1.03. The van der Waals surface area contributed by atoms with Crippen molar-refractivity contribution in [3.05, 3.63) is 11.8 Å². The molecule has 0 aromatic carbocycles. The summed E-state index contributed by atoms with van der Waals surface area (Å²) in [5.41, 5.74) is 0.376. The molecule has 0 amide bonds. The molecule has 0 unspecified atom stereocenters. The molecule has 0 bridgehead atoms. The summed E-state index contributed by atoms with van der Waals surface area (Å²) < 4.78 is 0. The van der Waals surface area contributed by atoms with Gasteiger partial charge < -0.3 is 10.4 Å². The van der Waals surface area contributed by atoms with E-state index in [4.69, 9.17) is 5.11 Å². The molecule has 0 radical (unpaired) electrons. The van der Waals surface area contributed by atoms with Crippen LogP contribution < -0.4 is 10.6 Å². The number of nitrogens with one attached hydrogen (secondary N) is 2. The Balaban J connectivity index is 2.57. The summed E-state index contributed by atoms with van der Waals surface area (Å²) in [5, 5.41) is 14.0. The van der Waals surface area contributed by atoms with E-state index < -0.39 is 5.97 Å². The van der Waals surface area contributed by atoms with Gasteiger partial charge in [-0.05, 0) is 0 Å². The van der Waals surface area contributed by atoms with Crippen LogP contribution in [0.4, 0.5) is 0 Å². The number of rotatable bonds is 1. The van der Waals surface area contributed by atoms with Gasteiger partial charge in [0.25, 0.3) is 0 Å². The monoisotopic (exact) mass is 128 g/mol. The average Bonchev–Trinajstić information content (AvgIpc) is 1.90. The first-order chi connectivity index (χ1) is 4.30. The van der Waals surface area contributed by atoms with Crippen LogP contribution in [-0.4, -0.2) is 24.3 Å². The fourth-order valence-electron chi connectivity index (χ4n) is 0.632. The van der Waals surface area contributed by atoms with Gasteiger partial charge in [0.15, 0.2) is 0 Å². The molecule has 0 spiro atoms. The Kier molecular flexibility index (Phi) is 1.69. The van der Waals surface area contributed by atoms with E-state index in [1.165, 1.54) is 6.20 Å². The van der Waals surface area contributed by atoms with Crippen molar-refractivity contribution in [3.63, 3.8) is 0 Å². The topological polar surface area (TPSA) is 61.4 Å². The van der Waals surface area contributed by atoms with Crippen molar-refractivity contribution in [2.45, 2.75) is 0 Å². The van der Waals surface area contributed by atoms with E-state index in [1.54, 1.807) is 0 Å². The van der Waals surface area contributed by atoms with Gasteiger partial charge in [-0.3, -0.25) is 5.32 Å². The van der Waals surface area contributed by atoms with E-state index in [2.05, 4.69) is 10.6 Å². The molecule has 0 aromatic heterocycles. The zero-order valence-corrected chi connectivity index (χ0v) is 4.85. The Morgan fingerprint density at radius 1 is 1.78 bits per heavy atom. The second-order valence-electron chi connectivity index (χ2n) is 1.78. The molecule has 4 nitrogen and oxygen atoms in total.